The van der Waals surface area contributed by atoms with E-state index in [2.05, 4.69) is 28.7 Å². The highest BCUT2D eigenvalue weighted by molar-refractivity contribution is 8.59. The fourth-order valence-corrected chi connectivity index (χ4v) is 1.28. The van der Waals surface area contributed by atoms with Crippen molar-refractivity contribution in [3.05, 3.63) is 28.8 Å². The number of hydrogen-bond acceptors (Lipinski definition) is 3. The molecule has 0 saturated heterocycles. The monoisotopic (exact) mass is 270 g/mol. The zero-order valence-electron chi connectivity index (χ0n) is 7.18. The molecule has 0 fully saturated rings. The van der Waals surface area contributed by atoms with Crippen LogP contribution in [0.25, 0.3) is 0 Å². The Bertz CT molecular complexity index is 379. The first kappa shape index (κ1) is 12.3. The highest BCUT2D eigenvalue weighted by Crippen LogP contribution is 2.47. The second-order valence-corrected chi connectivity index (χ2v) is 8.05. The van der Waals surface area contributed by atoms with Crippen molar-refractivity contribution >= 4 is 41.3 Å². The van der Waals surface area contributed by atoms with Gasteiger partial charge in [-0.3, -0.25) is 0 Å². The van der Waals surface area contributed by atoms with Gasteiger partial charge in [-0.2, -0.15) is 0 Å². The van der Waals surface area contributed by atoms with E-state index >= 15 is 0 Å². The molecule has 0 aliphatic heterocycles. The second-order valence-electron chi connectivity index (χ2n) is 2.56. The average Bonchev–Trinajstić information content (AvgIpc) is 2.05. The van der Waals surface area contributed by atoms with Gasteiger partial charge in [0.2, 0.25) is 0 Å². The molecule has 1 unspecified atom stereocenters. The maximum Gasteiger partial charge on any atom is 0.285 e. The first-order valence-corrected chi connectivity index (χ1v) is 7.77. The van der Waals surface area contributed by atoms with Gasteiger partial charge in [0.25, 0.3) is 5.69 Å². The Kier molecular flexibility index (Phi) is 4.25. The number of aryl methyl sites for hydroxylation is 1. The summed E-state index contributed by atoms with van der Waals surface area (Å²) in [7, 11) is 0. The van der Waals surface area contributed by atoms with Crippen molar-refractivity contribution in [3.8, 4) is 5.75 Å². The largest absolute Gasteiger partial charge is 0.335 e. The molecule has 0 amide bonds. The van der Waals surface area contributed by atoms with Gasteiger partial charge in [-0.15, -0.1) is 4.67 Å². The van der Waals surface area contributed by atoms with Gasteiger partial charge in [-0.1, -0.05) is 29.9 Å². The molecule has 1 rings (SSSR count). The molecule has 0 aliphatic rings. The van der Waals surface area contributed by atoms with Crippen LogP contribution in [-0.2, 0) is 16.5 Å². The summed E-state index contributed by atoms with van der Waals surface area (Å²) in [5.41, 5.74) is -2.28. The van der Waals surface area contributed by atoms with E-state index in [0.717, 1.165) is 5.56 Å². The van der Waals surface area contributed by atoms with Crippen molar-refractivity contribution in [1.82, 2.24) is 0 Å². The number of hydrogen-bond donors (Lipinski definition) is 2. The zero-order valence-corrected chi connectivity index (χ0v) is 10.5. The van der Waals surface area contributed by atoms with E-state index in [-0.39, 0.29) is 0 Å². The van der Waals surface area contributed by atoms with Crippen LogP contribution in [0.1, 0.15) is 5.56 Å². The predicted octanol–water partition coefficient (Wildman–Crippen LogP) is 3.11. The van der Waals surface area contributed by atoms with E-state index in [4.69, 9.17) is 21.4 Å². The minimum atomic E-state index is -3.10. The Morgan fingerprint density at radius 2 is 2.21 bits per heavy atom. The third kappa shape index (κ3) is 4.17. The van der Waals surface area contributed by atoms with E-state index in [1.54, 1.807) is 18.2 Å². The van der Waals surface area contributed by atoms with E-state index in [9.17, 15) is 0 Å². The fraction of sp³-hybridized carbons (Fsp3) is 0.143. The Morgan fingerprint density at radius 1 is 1.57 bits per heavy atom. The summed E-state index contributed by atoms with van der Waals surface area (Å²) < 4.78 is 4.54. The number of thiol groups is 1. The van der Waals surface area contributed by atoms with Crippen LogP contribution in [0.3, 0.4) is 0 Å². The van der Waals surface area contributed by atoms with Crippen LogP contribution < -0.4 is 4.89 Å². The van der Waals surface area contributed by atoms with Gasteiger partial charge >= 0.3 is 0 Å². The maximum atomic E-state index is 9.05. The van der Waals surface area contributed by atoms with Crippen LogP contribution in [0.5, 0.6) is 5.75 Å². The minimum absolute atomic E-state index is 0.412. The zero-order chi connectivity index (χ0) is 10.8. The van der Waals surface area contributed by atoms with E-state index in [1.807, 2.05) is 6.92 Å². The Balaban J connectivity index is 2.76. The Labute approximate surface area is 97.2 Å². The fourth-order valence-electron chi connectivity index (χ4n) is 0.752. The van der Waals surface area contributed by atoms with Crippen molar-refractivity contribution in [2.75, 3.05) is 0 Å². The van der Waals surface area contributed by atoms with Gasteiger partial charge in [-0.25, -0.2) is 0 Å². The lowest BCUT2D eigenvalue weighted by molar-refractivity contribution is -0.0953. The molecule has 1 atom stereocenters. The molecule has 1 N–H and O–H groups in total. The third-order valence-electron chi connectivity index (χ3n) is 1.37. The van der Waals surface area contributed by atoms with Crippen molar-refractivity contribution in [2.24, 2.45) is 0 Å². The van der Waals surface area contributed by atoms with Gasteiger partial charge < -0.3 is 9.78 Å². The van der Waals surface area contributed by atoms with Crippen LogP contribution in [0.15, 0.2) is 18.2 Å². The minimum Gasteiger partial charge on any atom is -0.335 e. The molecule has 1 aromatic rings. The second kappa shape index (κ2) is 4.84. The summed E-state index contributed by atoms with van der Waals surface area (Å²) in [5.74, 6) is 0.412. The van der Waals surface area contributed by atoms with Gasteiger partial charge in [0.05, 0.1) is 0 Å². The molecule has 0 saturated carbocycles. The van der Waals surface area contributed by atoms with Gasteiger partial charge in [0.15, 0.2) is 5.75 Å². The summed E-state index contributed by atoms with van der Waals surface area (Å²) in [6.45, 7) is 1.81. The number of rotatable bonds is 3. The summed E-state index contributed by atoms with van der Waals surface area (Å²) in [6, 6.07) is 5.05. The van der Waals surface area contributed by atoms with Crippen molar-refractivity contribution < 1.29 is 14.5 Å². The van der Waals surface area contributed by atoms with Crippen LogP contribution >= 0.6 is 29.5 Å². The molecule has 3 nitrogen and oxygen atoms in total. The van der Waals surface area contributed by atoms with E-state index in [1.165, 1.54) is 0 Å². The van der Waals surface area contributed by atoms with Crippen LogP contribution in [0, 0.1) is 6.92 Å². The number of halogens is 1. The highest BCUT2D eigenvalue weighted by atomic mass is 35.5. The molecule has 7 heteroatoms. The predicted molar refractivity (Wildman–Crippen MR) is 63.4 cm³/mol. The molecule has 0 aromatic heterocycles. The van der Waals surface area contributed by atoms with E-state index in [0.29, 0.717) is 10.8 Å². The Morgan fingerprint density at radius 3 is 2.79 bits per heavy atom. The first-order valence-electron chi connectivity index (χ1n) is 3.56. The molecule has 0 heterocycles. The smallest absolute Gasteiger partial charge is 0.285 e. The normalized spacial score (nSPS) is 14.9. The van der Waals surface area contributed by atoms with Crippen LogP contribution in [0.4, 0.5) is 0 Å². The van der Waals surface area contributed by atoms with Crippen LogP contribution in [-0.4, -0.2) is 4.89 Å². The van der Waals surface area contributed by atoms with Crippen molar-refractivity contribution in [2.45, 2.75) is 6.92 Å². The van der Waals surface area contributed by atoms with E-state index < -0.39 is 5.69 Å². The molecular formula is C7H8ClO3PS2. The SMILES string of the molecule is Cc1ccc(Cl)cc1OOP(O)(=S)S. The molecule has 0 aliphatic carbocycles. The maximum absolute atomic E-state index is 9.05. The lowest BCUT2D eigenvalue weighted by Crippen LogP contribution is -1.93. The van der Waals surface area contributed by atoms with Gasteiger partial charge in [-0.05, 0) is 30.4 Å². The van der Waals surface area contributed by atoms with Gasteiger partial charge in [0.1, 0.15) is 0 Å². The number of benzene rings is 1. The lowest BCUT2D eigenvalue weighted by atomic mass is 10.2. The summed E-state index contributed by atoms with van der Waals surface area (Å²) in [4.78, 5) is 13.9. The third-order valence-corrected chi connectivity index (χ3v) is 2.26. The standard InChI is InChI=1S/C7H8ClO3PS2/c1-5-2-3-6(8)4-7(5)10-11-12(9,13)14/h2-4H,1H3,(H2,9,13,14). The molecule has 78 valence electrons. The molecule has 0 radical (unpaired) electrons. The molecule has 1 aromatic carbocycles. The Hall–Kier alpha value is 0.230. The lowest BCUT2D eigenvalue weighted by Gasteiger charge is -2.10. The average molecular weight is 271 g/mol. The first-order chi connectivity index (χ1) is 6.38. The quantitative estimate of drug-likeness (QED) is 0.383. The summed E-state index contributed by atoms with van der Waals surface area (Å²) in [6.07, 6.45) is 0. The topological polar surface area (TPSA) is 38.7 Å². The summed E-state index contributed by atoms with van der Waals surface area (Å²) >= 11 is 13.9. The molecule has 0 bridgehead atoms. The van der Waals surface area contributed by atoms with Gasteiger partial charge in [0, 0.05) is 11.1 Å². The molecular weight excluding hydrogens is 263 g/mol. The summed E-state index contributed by atoms with van der Waals surface area (Å²) in [5, 5.41) is 0.514. The van der Waals surface area contributed by atoms with Crippen LogP contribution in [0.2, 0.25) is 5.02 Å². The van der Waals surface area contributed by atoms with Crippen molar-refractivity contribution in [3.63, 3.8) is 0 Å². The highest BCUT2D eigenvalue weighted by Gasteiger charge is 2.10. The molecule has 14 heavy (non-hydrogen) atoms. The molecule has 0 spiro atoms. The van der Waals surface area contributed by atoms with Crippen molar-refractivity contribution in [1.29, 1.82) is 0 Å².